The lowest BCUT2D eigenvalue weighted by Crippen LogP contribution is -2.52. The maximum absolute atomic E-state index is 13.4. The Balaban J connectivity index is 1.42. The van der Waals surface area contributed by atoms with Crippen molar-refractivity contribution in [1.29, 1.82) is 0 Å². The van der Waals surface area contributed by atoms with E-state index >= 15 is 0 Å². The van der Waals surface area contributed by atoms with Gasteiger partial charge >= 0.3 is 0 Å². The van der Waals surface area contributed by atoms with Gasteiger partial charge < -0.3 is 4.90 Å². The van der Waals surface area contributed by atoms with E-state index in [0.717, 1.165) is 16.7 Å². The van der Waals surface area contributed by atoms with Crippen LogP contribution in [0.25, 0.3) is 0 Å². The fourth-order valence-electron chi connectivity index (χ4n) is 3.99. The normalized spacial score (nSPS) is 20.5. The minimum absolute atomic E-state index is 0.0664. The van der Waals surface area contributed by atoms with E-state index in [0.29, 0.717) is 26.2 Å². The highest BCUT2D eigenvalue weighted by molar-refractivity contribution is 7.90. The van der Waals surface area contributed by atoms with E-state index < -0.39 is 21.7 Å². The molecule has 1 unspecified atom stereocenters. The Morgan fingerprint density at radius 3 is 2.16 bits per heavy atom. The van der Waals surface area contributed by atoms with Gasteiger partial charge in [-0.05, 0) is 42.5 Å². The molecule has 2 aromatic carbocycles. The second kappa shape index (κ2) is 8.22. The quantitative estimate of drug-likeness (QED) is 0.645. The van der Waals surface area contributed by atoms with Gasteiger partial charge in [0, 0.05) is 38.1 Å². The third-order valence-corrected chi connectivity index (χ3v) is 7.09. The van der Waals surface area contributed by atoms with E-state index in [1.807, 2.05) is 4.90 Å². The molecule has 2 aromatic rings. The van der Waals surface area contributed by atoms with Crippen LogP contribution in [0.15, 0.2) is 47.4 Å². The number of amides is 2. The number of anilines is 2. The highest BCUT2D eigenvalue weighted by Crippen LogP contribution is 2.30. The highest BCUT2D eigenvalue weighted by Gasteiger charge is 2.43. The minimum atomic E-state index is -3.24. The van der Waals surface area contributed by atoms with Crippen LogP contribution in [-0.2, 0) is 19.4 Å². The molecule has 0 radical (unpaired) electrons. The van der Waals surface area contributed by atoms with Crippen molar-refractivity contribution in [2.75, 3.05) is 42.2 Å². The van der Waals surface area contributed by atoms with Crippen LogP contribution in [0, 0.1) is 5.82 Å². The molecular formula is C21H21ClFN3O4S. The molecule has 0 bridgehead atoms. The molecule has 164 valence electrons. The Bertz CT molecular complexity index is 1130. The topological polar surface area (TPSA) is 78.0 Å². The SMILES string of the molecule is CS(=O)(=O)c1ccc(N2CCN(C3CC(=O)N(c4ccc(F)c(Cl)c4)C3=O)CC2)cc1. The van der Waals surface area contributed by atoms with E-state index in [1.54, 1.807) is 24.3 Å². The van der Waals surface area contributed by atoms with E-state index in [9.17, 15) is 22.4 Å². The van der Waals surface area contributed by atoms with Crippen molar-refractivity contribution < 1.29 is 22.4 Å². The van der Waals surface area contributed by atoms with E-state index in [2.05, 4.69) is 4.90 Å². The van der Waals surface area contributed by atoms with Gasteiger partial charge in [0.05, 0.1) is 28.1 Å². The summed E-state index contributed by atoms with van der Waals surface area (Å²) in [5, 5.41) is -0.142. The summed E-state index contributed by atoms with van der Waals surface area (Å²) < 4.78 is 36.7. The molecule has 0 aromatic heterocycles. The first kappa shape index (κ1) is 21.7. The fraction of sp³-hybridized carbons (Fsp3) is 0.333. The minimum Gasteiger partial charge on any atom is -0.369 e. The molecular weight excluding hydrogens is 445 g/mol. The van der Waals surface area contributed by atoms with Crippen molar-refractivity contribution in [3.8, 4) is 0 Å². The van der Waals surface area contributed by atoms with Crippen LogP contribution in [0.1, 0.15) is 6.42 Å². The van der Waals surface area contributed by atoms with Crippen molar-refractivity contribution in [2.45, 2.75) is 17.4 Å². The van der Waals surface area contributed by atoms with Crippen molar-refractivity contribution >= 4 is 44.6 Å². The lowest BCUT2D eigenvalue weighted by molar-refractivity contribution is -0.123. The Morgan fingerprint density at radius 2 is 1.58 bits per heavy atom. The zero-order chi connectivity index (χ0) is 22.3. The average Bonchev–Trinajstić information content (AvgIpc) is 3.04. The summed E-state index contributed by atoms with van der Waals surface area (Å²) in [5.41, 5.74) is 1.18. The van der Waals surface area contributed by atoms with Crippen LogP contribution in [0.5, 0.6) is 0 Å². The zero-order valence-corrected chi connectivity index (χ0v) is 18.4. The molecule has 31 heavy (non-hydrogen) atoms. The van der Waals surface area contributed by atoms with E-state index in [1.165, 1.54) is 18.4 Å². The van der Waals surface area contributed by atoms with Crippen molar-refractivity contribution in [2.24, 2.45) is 0 Å². The molecule has 0 aliphatic carbocycles. The summed E-state index contributed by atoms with van der Waals surface area (Å²) >= 11 is 5.81. The van der Waals surface area contributed by atoms with Gasteiger partial charge in [-0.1, -0.05) is 11.6 Å². The number of carbonyl (C=O) groups excluding carboxylic acids is 2. The molecule has 4 rings (SSSR count). The number of nitrogens with zero attached hydrogens (tertiary/aromatic N) is 3. The van der Waals surface area contributed by atoms with Crippen molar-refractivity contribution in [1.82, 2.24) is 4.90 Å². The van der Waals surface area contributed by atoms with Crippen molar-refractivity contribution in [3.63, 3.8) is 0 Å². The lowest BCUT2D eigenvalue weighted by Gasteiger charge is -2.38. The van der Waals surface area contributed by atoms with E-state index in [4.69, 9.17) is 11.6 Å². The van der Waals surface area contributed by atoms with E-state index in [-0.39, 0.29) is 33.8 Å². The number of hydrogen-bond donors (Lipinski definition) is 0. The molecule has 0 saturated carbocycles. The van der Waals surface area contributed by atoms with Crippen LogP contribution in [0.4, 0.5) is 15.8 Å². The standard InChI is InChI=1S/C21H21ClFN3O4S/c1-31(29,30)16-5-2-14(3-6-16)24-8-10-25(11-9-24)19-13-20(27)26(21(19)28)15-4-7-18(23)17(22)12-15/h2-7,12,19H,8-11,13H2,1H3. The summed E-state index contributed by atoms with van der Waals surface area (Å²) in [6.45, 7) is 2.43. The maximum Gasteiger partial charge on any atom is 0.251 e. The lowest BCUT2D eigenvalue weighted by atomic mass is 10.1. The molecule has 2 saturated heterocycles. The van der Waals surface area contributed by atoms with Gasteiger partial charge in [-0.3, -0.25) is 14.5 Å². The Kier molecular flexibility index (Phi) is 5.76. The largest absolute Gasteiger partial charge is 0.369 e. The number of piperazine rings is 1. The van der Waals surface area contributed by atoms with Gasteiger partial charge in [0.25, 0.3) is 5.91 Å². The monoisotopic (exact) mass is 465 g/mol. The molecule has 0 spiro atoms. The van der Waals surface area contributed by atoms with Crippen LogP contribution in [0.3, 0.4) is 0 Å². The number of carbonyl (C=O) groups is 2. The third kappa shape index (κ3) is 4.30. The van der Waals surface area contributed by atoms with Crippen LogP contribution in [0.2, 0.25) is 5.02 Å². The molecule has 10 heteroatoms. The summed E-state index contributed by atoms with van der Waals surface area (Å²) in [6.07, 6.45) is 1.24. The van der Waals surface area contributed by atoms with Crippen LogP contribution < -0.4 is 9.80 Å². The van der Waals surface area contributed by atoms with Crippen molar-refractivity contribution in [3.05, 3.63) is 53.3 Å². The van der Waals surface area contributed by atoms with Gasteiger partial charge in [-0.2, -0.15) is 0 Å². The number of imide groups is 1. The van der Waals surface area contributed by atoms with Crippen LogP contribution >= 0.6 is 11.6 Å². The third-order valence-electron chi connectivity index (χ3n) is 5.67. The molecule has 1 atom stereocenters. The molecule has 2 aliphatic heterocycles. The second-order valence-electron chi connectivity index (χ2n) is 7.67. The van der Waals surface area contributed by atoms with Gasteiger partial charge in [-0.25, -0.2) is 17.7 Å². The predicted molar refractivity (Wildman–Crippen MR) is 116 cm³/mol. The zero-order valence-electron chi connectivity index (χ0n) is 16.8. The Hall–Kier alpha value is -2.49. The second-order valence-corrected chi connectivity index (χ2v) is 10.1. The summed E-state index contributed by atoms with van der Waals surface area (Å²) in [5.74, 6) is -1.28. The highest BCUT2D eigenvalue weighted by atomic mass is 35.5. The van der Waals surface area contributed by atoms with Gasteiger partial charge in [0.2, 0.25) is 5.91 Å². The maximum atomic E-state index is 13.4. The number of rotatable bonds is 4. The average molecular weight is 466 g/mol. The first-order valence-electron chi connectivity index (χ1n) is 9.76. The summed E-state index contributed by atoms with van der Waals surface area (Å²) in [6, 6.07) is 9.95. The number of sulfone groups is 1. The Labute approximate surface area is 184 Å². The predicted octanol–water partition coefficient (Wildman–Crippen LogP) is 2.34. The first-order valence-corrected chi connectivity index (χ1v) is 12.0. The molecule has 0 N–H and O–H groups in total. The summed E-state index contributed by atoms with van der Waals surface area (Å²) in [4.78, 5) is 30.9. The number of benzene rings is 2. The summed E-state index contributed by atoms with van der Waals surface area (Å²) in [7, 11) is -3.24. The molecule has 2 amide bonds. The van der Waals surface area contributed by atoms with Gasteiger partial charge in [-0.15, -0.1) is 0 Å². The number of halogens is 2. The first-order chi connectivity index (χ1) is 14.6. The Morgan fingerprint density at radius 1 is 0.968 bits per heavy atom. The van der Waals surface area contributed by atoms with Gasteiger partial charge in [0.15, 0.2) is 9.84 Å². The molecule has 2 heterocycles. The molecule has 7 nitrogen and oxygen atoms in total. The molecule has 2 aliphatic rings. The molecule has 2 fully saturated rings. The smallest absolute Gasteiger partial charge is 0.251 e. The fourth-order valence-corrected chi connectivity index (χ4v) is 4.80. The number of hydrogen-bond acceptors (Lipinski definition) is 6. The van der Waals surface area contributed by atoms with Gasteiger partial charge in [0.1, 0.15) is 5.82 Å². The van der Waals surface area contributed by atoms with Crippen LogP contribution in [-0.4, -0.2) is 63.6 Å².